The summed E-state index contributed by atoms with van der Waals surface area (Å²) in [4.78, 5) is 18.0. The fourth-order valence-electron chi connectivity index (χ4n) is 3.44. The highest BCUT2D eigenvalue weighted by molar-refractivity contribution is 5.87. The van der Waals surface area contributed by atoms with Crippen LogP contribution >= 0.6 is 0 Å². The van der Waals surface area contributed by atoms with Crippen LogP contribution in [0.15, 0.2) is 12.1 Å². The van der Waals surface area contributed by atoms with E-state index >= 15 is 0 Å². The number of benzene rings is 1. The Morgan fingerprint density at radius 3 is 2.39 bits per heavy atom. The van der Waals surface area contributed by atoms with Crippen molar-refractivity contribution in [1.82, 2.24) is 19.9 Å². The van der Waals surface area contributed by atoms with Gasteiger partial charge in [-0.05, 0) is 39.7 Å². The Morgan fingerprint density at radius 1 is 0.929 bits per heavy atom. The van der Waals surface area contributed by atoms with E-state index in [0.717, 1.165) is 6.07 Å². The Balaban J connectivity index is 1.97. The molecule has 1 aliphatic heterocycles. The van der Waals surface area contributed by atoms with Gasteiger partial charge in [0.2, 0.25) is 0 Å². The smallest absolute Gasteiger partial charge is 0.182 e. The molecule has 0 bridgehead atoms. The molecule has 3 aromatic rings. The average molecular weight is 388 g/mol. The predicted octanol–water partition coefficient (Wildman–Crippen LogP) is 4.40. The number of halogens is 3. The summed E-state index contributed by atoms with van der Waals surface area (Å²) in [5.41, 5.74) is 1.85. The average Bonchev–Trinajstić information content (AvgIpc) is 2.65. The largest absolute Gasteiger partial charge is 0.378 e. The maximum atomic E-state index is 14.5. The summed E-state index contributed by atoms with van der Waals surface area (Å²) >= 11 is 0. The number of ether oxygens (including phenoxy) is 1. The molecule has 1 aromatic carbocycles. The van der Waals surface area contributed by atoms with Crippen molar-refractivity contribution in [2.24, 2.45) is 0 Å². The molecule has 1 saturated heterocycles. The molecule has 28 heavy (non-hydrogen) atoms. The zero-order chi connectivity index (χ0) is 20.0. The van der Waals surface area contributed by atoms with Gasteiger partial charge in [-0.1, -0.05) is 0 Å². The second-order valence-electron chi connectivity index (χ2n) is 7.15. The number of aromatic nitrogens is 4. The van der Waals surface area contributed by atoms with Crippen molar-refractivity contribution in [3.8, 4) is 11.3 Å². The predicted molar refractivity (Wildman–Crippen MR) is 97.3 cm³/mol. The van der Waals surface area contributed by atoms with Crippen LogP contribution in [0.2, 0.25) is 0 Å². The van der Waals surface area contributed by atoms with Gasteiger partial charge in [0.15, 0.2) is 17.3 Å². The van der Waals surface area contributed by atoms with Gasteiger partial charge in [-0.2, -0.15) is 0 Å². The van der Waals surface area contributed by atoms with Crippen LogP contribution in [0.25, 0.3) is 22.4 Å². The van der Waals surface area contributed by atoms with Crippen molar-refractivity contribution in [2.75, 3.05) is 6.61 Å². The quantitative estimate of drug-likeness (QED) is 0.609. The van der Waals surface area contributed by atoms with Crippen LogP contribution in [0.4, 0.5) is 13.2 Å². The van der Waals surface area contributed by atoms with E-state index in [0.29, 0.717) is 48.4 Å². The molecule has 0 saturated carbocycles. The minimum atomic E-state index is -1.25. The SMILES string of the molecule is Cc1nc2nc(C3CCOC(C)C3)nc(-c3cc(F)c(F)cc3F)c2nc1C. The van der Waals surface area contributed by atoms with Crippen molar-refractivity contribution in [3.05, 3.63) is 46.8 Å². The molecule has 2 atom stereocenters. The summed E-state index contributed by atoms with van der Waals surface area (Å²) in [5, 5.41) is 0. The molecule has 2 aromatic heterocycles. The summed E-state index contributed by atoms with van der Waals surface area (Å²) in [6.45, 7) is 6.11. The van der Waals surface area contributed by atoms with Crippen LogP contribution < -0.4 is 0 Å². The lowest BCUT2D eigenvalue weighted by molar-refractivity contribution is 0.0173. The van der Waals surface area contributed by atoms with E-state index in [2.05, 4.69) is 19.9 Å². The third-order valence-corrected chi connectivity index (χ3v) is 5.07. The van der Waals surface area contributed by atoms with Gasteiger partial charge in [-0.3, -0.25) is 0 Å². The van der Waals surface area contributed by atoms with E-state index in [1.165, 1.54) is 0 Å². The van der Waals surface area contributed by atoms with Gasteiger partial charge in [-0.25, -0.2) is 33.1 Å². The van der Waals surface area contributed by atoms with Gasteiger partial charge < -0.3 is 4.74 Å². The van der Waals surface area contributed by atoms with Crippen LogP contribution in [-0.4, -0.2) is 32.6 Å². The summed E-state index contributed by atoms with van der Waals surface area (Å²) in [6.07, 6.45) is 1.48. The monoisotopic (exact) mass is 388 g/mol. The highest BCUT2D eigenvalue weighted by Crippen LogP contribution is 2.33. The van der Waals surface area contributed by atoms with Crippen LogP contribution in [0, 0.1) is 31.3 Å². The van der Waals surface area contributed by atoms with E-state index < -0.39 is 17.5 Å². The van der Waals surface area contributed by atoms with Crippen LogP contribution in [0.3, 0.4) is 0 Å². The van der Waals surface area contributed by atoms with Crippen molar-refractivity contribution in [3.63, 3.8) is 0 Å². The molecule has 1 fully saturated rings. The first-order valence-corrected chi connectivity index (χ1v) is 9.13. The molecule has 2 unspecified atom stereocenters. The lowest BCUT2D eigenvalue weighted by Crippen LogP contribution is -2.23. The number of hydrogen-bond acceptors (Lipinski definition) is 5. The lowest BCUT2D eigenvalue weighted by Gasteiger charge is -2.26. The Bertz CT molecular complexity index is 1070. The molecule has 3 heterocycles. The van der Waals surface area contributed by atoms with Gasteiger partial charge in [0, 0.05) is 24.2 Å². The van der Waals surface area contributed by atoms with Gasteiger partial charge in [0.25, 0.3) is 0 Å². The summed E-state index contributed by atoms with van der Waals surface area (Å²) in [6, 6.07) is 1.32. The highest BCUT2D eigenvalue weighted by atomic mass is 19.2. The van der Waals surface area contributed by atoms with Crippen molar-refractivity contribution >= 4 is 11.2 Å². The van der Waals surface area contributed by atoms with Crippen LogP contribution in [0.5, 0.6) is 0 Å². The molecule has 146 valence electrons. The maximum absolute atomic E-state index is 14.5. The Labute approximate surface area is 160 Å². The normalized spacial score (nSPS) is 19.9. The van der Waals surface area contributed by atoms with E-state index in [9.17, 15) is 13.2 Å². The molecule has 4 rings (SSSR count). The molecule has 1 aliphatic rings. The van der Waals surface area contributed by atoms with Crippen molar-refractivity contribution in [1.29, 1.82) is 0 Å². The molecule has 0 aliphatic carbocycles. The second-order valence-corrected chi connectivity index (χ2v) is 7.15. The number of aryl methyl sites for hydroxylation is 2. The number of nitrogens with zero attached hydrogens (tertiary/aromatic N) is 4. The molecule has 0 radical (unpaired) electrons. The zero-order valence-corrected chi connectivity index (χ0v) is 15.8. The third kappa shape index (κ3) is 3.32. The second kappa shape index (κ2) is 7.09. The van der Waals surface area contributed by atoms with Gasteiger partial charge in [0.1, 0.15) is 22.9 Å². The van der Waals surface area contributed by atoms with E-state index in [-0.39, 0.29) is 28.8 Å². The molecular formula is C20H19F3N4O. The molecule has 0 amide bonds. The van der Waals surface area contributed by atoms with Gasteiger partial charge >= 0.3 is 0 Å². The number of fused-ring (bicyclic) bond motifs is 1. The Morgan fingerprint density at radius 2 is 1.64 bits per heavy atom. The number of rotatable bonds is 2. The Kier molecular flexibility index (Phi) is 4.74. The minimum absolute atomic E-state index is 0.00339. The van der Waals surface area contributed by atoms with Crippen LogP contribution in [-0.2, 0) is 4.74 Å². The summed E-state index contributed by atoms with van der Waals surface area (Å²) < 4.78 is 47.4. The highest BCUT2D eigenvalue weighted by Gasteiger charge is 2.26. The molecule has 8 heteroatoms. The molecular weight excluding hydrogens is 369 g/mol. The molecule has 5 nitrogen and oxygen atoms in total. The summed E-state index contributed by atoms with van der Waals surface area (Å²) in [7, 11) is 0. The third-order valence-electron chi connectivity index (χ3n) is 5.07. The minimum Gasteiger partial charge on any atom is -0.378 e. The van der Waals surface area contributed by atoms with E-state index in [1.807, 2.05) is 6.92 Å². The zero-order valence-electron chi connectivity index (χ0n) is 15.8. The molecule has 0 spiro atoms. The fourth-order valence-corrected chi connectivity index (χ4v) is 3.44. The number of hydrogen-bond donors (Lipinski definition) is 0. The maximum Gasteiger partial charge on any atom is 0.182 e. The van der Waals surface area contributed by atoms with E-state index in [4.69, 9.17) is 4.74 Å². The van der Waals surface area contributed by atoms with Gasteiger partial charge in [-0.15, -0.1) is 0 Å². The van der Waals surface area contributed by atoms with E-state index in [1.54, 1.807) is 13.8 Å². The molecule has 0 N–H and O–H groups in total. The first kappa shape index (κ1) is 18.7. The first-order chi connectivity index (χ1) is 13.3. The topological polar surface area (TPSA) is 60.8 Å². The Hall–Kier alpha value is -2.61. The van der Waals surface area contributed by atoms with Crippen molar-refractivity contribution < 1.29 is 17.9 Å². The van der Waals surface area contributed by atoms with Gasteiger partial charge in [0.05, 0.1) is 17.5 Å². The fraction of sp³-hybridized carbons (Fsp3) is 0.400. The first-order valence-electron chi connectivity index (χ1n) is 9.13. The lowest BCUT2D eigenvalue weighted by atomic mass is 9.95. The van der Waals surface area contributed by atoms with Crippen LogP contribution in [0.1, 0.15) is 42.9 Å². The van der Waals surface area contributed by atoms with Crippen molar-refractivity contribution in [2.45, 2.75) is 45.6 Å². The standard InChI is InChI=1S/C20H19F3N4O/c1-9-6-12(4-5-28-9)19-26-17(13-7-15(22)16(23)8-14(13)21)18-20(27-19)25-11(3)10(2)24-18/h7-9,12H,4-6H2,1-3H3. The summed E-state index contributed by atoms with van der Waals surface area (Å²) in [5.74, 6) is -2.83.